The third-order valence-corrected chi connectivity index (χ3v) is 4.33. The lowest BCUT2D eigenvalue weighted by molar-refractivity contribution is -0.137. The SMILES string of the molecule is CCN(Cc1cccc(Cl)c1)C(=O)C1CCCCC1N. The van der Waals surface area contributed by atoms with E-state index in [4.69, 9.17) is 17.3 Å². The predicted octanol–water partition coefficient (Wildman–Crippen LogP) is 3.21. The van der Waals surface area contributed by atoms with Crippen LogP contribution in [0.25, 0.3) is 0 Å². The van der Waals surface area contributed by atoms with Gasteiger partial charge in [0.2, 0.25) is 5.91 Å². The van der Waals surface area contributed by atoms with Gasteiger partial charge in [0.05, 0.1) is 5.92 Å². The van der Waals surface area contributed by atoms with Crippen LogP contribution in [-0.4, -0.2) is 23.4 Å². The summed E-state index contributed by atoms with van der Waals surface area (Å²) in [4.78, 5) is 14.5. The molecule has 0 radical (unpaired) electrons. The quantitative estimate of drug-likeness (QED) is 0.927. The molecule has 1 fully saturated rings. The molecule has 20 heavy (non-hydrogen) atoms. The van der Waals surface area contributed by atoms with Crippen LogP contribution in [0.4, 0.5) is 0 Å². The minimum Gasteiger partial charge on any atom is -0.338 e. The zero-order valence-corrected chi connectivity index (χ0v) is 12.8. The Bertz CT molecular complexity index is 464. The summed E-state index contributed by atoms with van der Waals surface area (Å²) >= 11 is 6.00. The van der Waals surface area contributed by atoms with Crippen LogP contribution < -0.4 is 5.73 Å². The lowest BCUT2D eigenvalue weighted by Crippen LogP contribution is -2.45. The Morgan fingerprint density at radius 2 is 2.15 bits per heavy atom. The minimum absolute atomic E-state index is 0.0112. The third-order valence-electron chi connectivity index (χ3n) is 4.09. The highest BCUT2D eigenvalue weighted by Gasteiger charge is 2.31. The maximum atomic E-state index is 12.6. The average Bonchev–Trinajstić information content (AvgIpc) is 2.44. The first-order valence-corrected chi connectivity index (χ1v) is 7.78. The zero-order chi connectivity index (χ0) is 14.5. The van der Waals surface area contributed by atoms with Crippen LogP contribution in [0.3, 0.4) is 0 Å². The molecule has 2 N–H and O–H groups in total. The Morgan fingerprint density at radius 3 is 2.80 bits per heavy atom. The molecule has 0 saturated heterocycles. The molecular weight excluding hydrogens is 272 g/mol. The van der Waals surface area contributed by atoms with Crippen molar-refractivity contribution in [2.24, 2.45) is 11.7 Å². The van der Waals surface area contributed by atoms with Crippen LogP contribution in [0, 0.1) is 5.92 Å². The molecule has 2 unspecified atom stereocenters. The van der Waals surface area contributed by atoms with Crippen LogP contribution >= 0.6 is 11.6 Å². The number of hydrogen-bond donors (Lipinski definition) is 1. The van der Waals surface area contributed by atoms with E-state index in [1.807, 2.05) is 36.1 Å². The standard InChI is InChI=1S/C16H23ClN2O/c1-2-19(11-12-6-5-7-13(17)10-12)16(20)14-8-3-4-9-15(14)18/h5-7,10,14-15H,2-4,8-9,11,18H2,1H3. The van der Waals surface area contributed by atoms with Gasteiger partial charge in [-0.25, -0.2) is 0 Å². The predicted molar refractivity (Wildman–Crippen MR) is 82.5 cm³/mol. The van der Waals surface area contributed by atoms with Crippen molar-refractivity contribution in [3.63, 3.8) is 0 Å². The second-order valence-corrected chi connectivity index (χ2v) is 5.97. The van der Waals surface area contributed by atoms with E-state index in [0.717, 1.165) is 31.2 Å². The molecule has 0 spiro atoms. The van der Waals surface area contributed by atoms with Gasteiger partial charge in [0, 0.05) is 24.2 Å². The summed E-state index contributed by atoms with van der Waals surface area (Å²) in [5.74, 6) is 0.183. The number of halogens is 1. The van der Waals surface area contributed by atoms with Crippen molar-refractivity contribution in [2.45, 2.75) is 45.2 Å². The monoisotopic (exact) mass is 294 g/mol. The topological polar surface area (TPSA) is 46.3 Å². The number of nitrogens with two attached hydrogens (primary N) is 1. The van der Waals surface area contributed by atoms with Crippen molar-refractivity contribution < 1.29 is 4.79 Å². The van der Waals surface area contributed by atoms with E-state index in [1.54, 1.807) is 0 Å². The number of benzene rings is 1. The maximum absolute atomic E-state index is 12.6. The van der Waals surface area contributed by atoms with Crippen molar-refractivity contribution >= 4 is 17.5 Å². The minimum atomic E-state index is -0.0112. The van der Waals surface area contributed by atoms with Crippen LogP contribution in [0.15, 0.2) is 24.3 Å². The highest BCUT2D eigenvalue weighted by molar-refractivity contribution is 6.30. The third kappa shape index (κ3) is 3.74. The molecule has 1 amide bonds. The maximum Gasteiger partial charge on any atom is 0.227 e. The first-order chi connectivity index (χ1) is 9.61. The number of nitrogens with zero attached hydrogens (tertiary/aromatic N) is 1. The highest BCUT2D eigenvalue weighted by Crippen LogP contribution is 2.25. The molecule has 1 saturated carbocycles. The van der Waals surface area contributed by atoms with E-state index < -0.39 is 0 Å². The lowest BCUT2D eigenvalue weighted by Gasteiger charge is -2.32. The Hall–Kier alpha value is -1.06. The number of rotatable bonds is 4. The molecule has 0 bridgehead atoms. The first-order valence-electron chi connectivity index (χ1n) is 7.40. The molecule has 110 valence electrons. The van der Waals surface area contributed by atoms with Gasteiger partial charge in [0.15, 0.2) is 0 Å². The van der Waals surface area contributed by atoms with Crippen LogP contribution in [0.1, 0.15) is 38.2 Å². The zero-order valence-electron chi connectivity index (χ0n) is 12.0. The molecule has 1 aromatic carbocycles. The summed E-state index contributed by atoms with van der Waals surface area (Å²) in [6, 6.07) is 7.70. The lowest BCUT2D eigenvalue weighted by atomic mass is 9.84. The fourth-order valence-corrected chi connectivity index (χ4v) is 3.11. The van der Waals surface area contributed by atoms with E-state index >= 15 is 0 Å². The van der Waals surface area contributed by atoms with Crippen molar-refractivity contribution in [1.82, 2.24) is 4.90 Å². The van der Waals surface area contributed by atoms with E-state index in [0.29, 0.717) is 18.1 Å². The van der Waals surface area contributed by atoms with Crippen LogP contribution in [-0.2, 0) is 11.3 Å². The average molecular weight is 295 g/mol. The smallest absolute Gasteiger partial charge is 0.227 e. The summed E-state index contributed by atoms with van der Waals surface area (Å²) in [6.07, 6.45) is 4.14. The second kappa shape index (κ2) is 7.09. The van der Waals surface area contributed by atoms with Crippen molar-refractivity contribution in [3.8, 4) is 0 Å². The molecule has 1 aromatic rings. The Morgan fingerprint density at radius 1 is 1.40 bits per heavy atom. The van der Waals surface area contributed by atoms with Gasteiger partial charge in [-0.2, -0.15) is 0 Å². The Balaban J connectivity index is 2.05. The molecule has 2 rings (SSSR count). The van der Waals surface area contributed by atoms with Gasteiger partial charge >= 0.3 is 0 Å². The fraction of sp³-hybridized carbons (Fsp3) is 0.562. The number of amides is 1. The first kappa shape index (κ1) is 15.3. The summed E-state index contributed by atoms with van der Waals surface area (Å²) in [5, 5.41) is 0.709. The molecule has 1 aliphatic rings. The molecule has 4 heteroatoms. The number of carbonyl (C=O) groups is 1. The second-order valence-electron chi connectivity index (χ2n) is 5.54. The molecule has 3 nitrogen and oxygen atoms in total. The molecule has 0 aromatic heterocycles. The molecule has 2 atom stereocenters. The largest absolute Gasteiger partial charge is 0.338 e. The van der Waals surface area contributed by atoms with E-state index in [1.165, 1.54) is 0 Å². The molecular formula is C16H23ClN2O. The fourth-order valence-electron chi connectivity index (χ4n) is 2.90. The highest BCUT2D eigenvalue weighted by atomic mass is 35.5. The van der Waals surface area contributed by atoms with Crippen molar-refractivity contribution in [2.75, 3.05) is 6.54 Å². The van der Waals surface area contributed by atoms with Gasteiger partial charge in [-0.1, -0.05) is 36.6 Å². The summed E-state index contributed by atoms with van der Waals surface area (Å²) in [6.45, 7) is 3.32. The van der Waals surface area contributed by atoms with E-state index in [9.17, 15) is 4.79 Å². The van der Waals surface area contributed by atoms with Gasteiger partial charge in [-0.15, -0.1) is 0 Å². The molecule has 0 aliphatic heterocycles. The van der Waals surface area contributed by atoms with Crippen molar-refractivity contribution in [1.29, 1.82) is 0 Å². The van der Waals surface area contributed by atoms with Gasteiger partial charge in [0.25, 0.3) is 0 Å². The molecule has 0 heterocycles. The van der Waals surface area contributed by atoms with Crippen molar-refractivity contribution in [3.05, 3.63) is 34.9 Å². The Kier molecular flexibility index (Phi) is 5.44. The van der Waals surface area contributed by atoms with E-state index in [2.05, 4.69) is 0 Å². The Labute approximate surface area is 126 Å². The van der Waals surface area contributed by atoms with E-state index in [-0.39, 0.29) is 17.9 Å². The number of carbonyl (C=O) groups excluding carboxylic acids is 1. The summed E-state index contributed by atoms with van der Waals surface area (Å²) in [5.41, 5.74) is 7.19. The normalized spacial score (nSPS) is 22.6. The summed E-state index contributed by atoms with van der Waals surface area (Å²) < 4.78 is 0. The van der Waals surface area contributed by atoms with Gasteiger partial charge in [-0.05, 0) is 37.5 Å². The van der Waals surface area contributed by atoms with Gasteiger partial charge in [0.1, 0.15) is 0 Å². The number of hydrogen-bond acceptors (Lipinski definition) is 2. The molecule has 1 aliphatic carbocycles. The van der Waals surface area contributed by atoms with Gasteiger partial charge in [-0.3, -0.25) is 4.79 Å². The van der Waals surface area contributed by atoms with Gasteiger partial charge < -0.3 is 10.6 Å². The van der Waals surface area contributed by atoms with Crippen LogP contribution in [0.2, 0.25) is 5.02 Å². The van der Waals surface area contributed by atoms with Crippen LogP contribution in [0.5, 0.6) is 0 Å². The summed E-state index contributed by atoms with van der Waals surface area (Å²) in [7, 11) is 0.